The number of carbonyl (C=O) groups is 2. The van der Waals surface area contributed by atoms with Crippen molar-refractivity contribution >= 4 is 41.8 Å². The number of hydrogen-bond acceptors (Lipinski definition) is 4. The monoisotopic (exact) mass is 514 g/mol. The molecule has 7 nitrogen and oxygen atoms in total. The zero-order valence-corrected chi connectivity index (χ0v) is 19.7. The first-order chi connectivity index (χ1) is 13.5. The highest BCUT2D eigenvalue weighted by atomic mass is 127. The van der Waals surface area contributed by atoms with Gasteiger partial charge in [-0.05, 0) is 23.5 Å². The molecular formula is C21H31IN4O3. The van der Waals surface area contributed by atoms with Gasteiger partial charge in [0.25, 0.3) is 0 Å². The molecule has 1 amide bonds. The Kier molecular flexibility index (Phi) is 8.73. The molecule has 0 saturated carbocycles. The first-order valence-corrected chi connectivity index (χ1v) is 9.91. The van der Waals surface area contributed by atoms with Crippen LogP contribution in [0.15, 0.2) is 29.3 Å². The lowest BCUT2D eigenvalue weighted by atomic mass is 9.99. The molecule has 0 aliphatic carbocycles. The van der Waals surface area contributed by atoms with Gasteiger partial charge < -0.3 is 19.9 Å². The summed E-state index contributed by atoms with van der Waals surface area (Å²) in [5, 5.41) is 3.38. The van der Waals surface area contributed by atoms with E-state index in [0.717, 1.165) is 36.6 Å². The number of methoxy groups -OCH3 is 1. The third-order valence-corrected chi connectivity index (χ3v) is 5.65. The summed E-state index contributed by atoms with van der Waals surface area (Å²) in [5.41, 5.74) is 2.30. The van der Waals surface area contributed by atoms with Crippen molar-refractivity contribution in [2.75, 3.05) is 33.8 Å². The third-order valence-electron chi connectivity index (χ3n) is 5.65. The molecule has 0 spiro atoms. The number of carbonyl (C=O) groups excluding carboxylic acids is 2. The maximum absolute atomic E-state index is 11.9. The number of esters is 1. The molecule has 1 aromatic rings. The van der Waals surface area contributed by atoms with Crippen LogP contribution in [0, 0.1) is 11.8 Å². The molecule has 29 heavy (non-hydrogen) atoms. The number of guanidine groups is 1. The van der Waals surface area contributed by atoms with Crippen LogP contribution in [-0.4, -0.2) is 61.4 Å². The predicted octanol–water partition coefficient (Wildman–Crippen LogP) is 2.24. The van der Waals surface area contributed by atoms with Crippen molar-refractivity contribution in [1.82, 2.24) is 15.1 Å². The summed E-state index contributed by atoms with van der Waals surface area (Å²) in [5.74, 6) is 1.01. The van der Waals surface area contributed by atoms with E-state index in [0.29, 0.717) is 26.1 Å². The minimum Gasteiger partial charge on any atom is -0.469 e. The zero-order chi connectivity index (χ0) is 20.1. The van der Waals surface area contributed by atoms with Crippen molar-refractivity contribution in [3.05, 3.63) is 35.4 Å². The number of nitrogens with zero attached hydrogens (tertiary/aromatic N) is 3. The van der Waals surface area contributed by atoms with E-state index in [4.69, 9.17) is 4.74 Å². The number of amides is 1. The molecule has 2 fully saturated rings. The summed E-state index contributed by atoms with van der Waals surface area (Å²) in [6, 6.07) is 8.33. The van der Waals surface area contributed by atoms with Gasteiger partial charge in [0.15, 0.2) is 5.96 Å². The second kappa shape index (κ2) is 10.8. The second-order valence-corrected chi connectivity index (χ2v) is 7.65. The molecular weight excluding hydrogens is 483 g/mol. The van der Waals surface area contributed by atoms with E-state index < -0.39 is 0 Å². The maximum atomic E-state index is 11.9. The van der Waals surface area contributed by atoms with E-state index in [2.05, 4.69) is 46.4 Å². The summed E-state index contributed by atoms with van der Waals surface area (Å²) in [7, 11) is 3.20. The van der Waals surface area contributed by atoms with Crippen molar-refractivity contribution in [1.29, 1.82) is 0 Å². The molecule has 1 N–H and O–H groups in total. The van der Waals surface area contributed by atoms with Crippen LogP contribution >= 0.6 is 24.0 Å². The standard InChI is InChI=1S/C21H30N4O3.HI/c1-15-12-25(14-18(15)20(27)28-3)21(22-2)23-11-16-6-8-17(9-7-16)13-24-10-4-5-19(24)26;/h6-9,15,18H,4-5,10-14H2,1-3H3,(H,22,23);1H. The molecule has 0 bridgehead atoms. The topological polar surface area (TPSA) is 74.2 Å². The molecule has 8 heteroatoms. The number of benzene rings is 1. The van der Waals surface area contributed by atoms with Gasteiger partial charge in [0, 0.05) is 46.2 Å². The van der Waals surface area contributed by atoms with Crippen LogP contribution in [-0.2, 0) is 27.4 Å². The van der Waals surface area contributed by atoms with Gasteiger partial charge in [-0.3, -0.25) is 14.6 Å². The highest BCUT2D eigenvalue weighted by molar-refractivity contribution is 14.0. The van der Waals surface area contributed by atoms with Crippen LogP contribution in [0.2, 0.25) is 0 Å². The van der Waals surface area contributed by atoms with E-state index in [-0.39, 0.29) is 47.7 Å². The van der Waals surface area contributed by atoms with Gasteiger partial charge in [-0.15, -0.1) is 24.0 Å². The van der Waals surface area contributed by atoms with Crippen LogP contribution in [0.4, 0.5) is 0 Å². The van der Waals surface area contributed by atoms with E-state index >= 15 is 0 Å². The summed E-state index contributed by atoms with van der Waals surface area (Å²) in [6.45, 7) is 5.68. The minimum atomic E-state index is -0.155. The van der Waals surface area contributed by atoms with Crippen molar-refractivity contribution < 1.29 is 14.3 Å². The van der Waals surface area contributed by atoms with E-state index in [1.54, 1.807) is 7.05 Å². The van der Waals surface area contributed by atoms with E-state index in [1.165, 1.54) is 7.11 Å². The Morgan fingerprint density at radius 3 is 2.52 bits per heavy atom. The Labute approximate surface area is 189 Å². The van der Waals surface area contributed by atoms with Gasteiger partial charge in [-0.25, -0.2) is 0 Å². The fourth-order valence-corrected chi connectivity index (χ4v) is 3.97. The van der Waals surface area contributed by atoms with Gasteiger partial charge >= 0.3 is 5.97 Å². The lowest BCUT2D eigenvalue weighted by Gasteiger charge is -2.21. The molecule has 2 atom stereocenters. The normalized spacial score (nSPS) is 21.9. The summed E-state index contributed by atoms with van der Waals surface area (Å²) >= 11 is 0. The van der Waals surface area contributed by atoms with Crippen LogP contribution in [0.3, 0.4) is 0 Å². The van der Waals surface area contributed by atoms with Crippen molar-refractivity contribution in [2.24, 2.45) is 16.8 Å². The molecule has 2 saturated heterocycles. The fourth-order valence-electron chi connectivity index (χ4n) is 3.97. The van der Waals surface area contributed by atoms with Gasteiger partial charge in [-0.1, -0.05) is 31.2 Å². The van der Waals surface area contributed by atoms with Gasteiger partial charge in [0.2, 0.25) is 5.91 Å². The van der Waals surface area contributed by atoms with Crippen molar-refractivity contribution in [3.63, 3.8) is 0 Å². The smallest absolute Gasteiger partial charge is 0.310 e. The minimum absolute atomic E-state index is 0. The Morgan fingerprint density at radius 1 is 1.24 bits per heavy atom. The Morgan fingerprint density at radius 2 is 1.93 bits per heavy atom. The number of nitrogens with one attached hydrogen (secondary N) is 1. The van der Waals surface area contributed by atoms with Crippen LogP contribution < -0.4 is 5.32 Å². The maximum Gasteiger partial charge on any atom is 0.310 e. The highest BCUT2D eigenvalue weighted by Crippen LogP contribution is 2.24. The zero-order valence-electron chi connectivity index (χ0n) is 17.4. The molecule has 2 unspecified atom stereocenters. The second-order valence-electron chi connectivity index (χ2n) is 7.65. The van der Waals surface area contributed by atoms with Crippen molar-refractivity contribution in [2.45, 2.75) is 32.9 Å². The Balaban J connectivity index is 0.00000300. The molecule has 1 aromatic carbocycles. The fraction of sp³-hybridized carbons (Fsp3) is 0.571. The average Bonchev–Trinajstić information content (AvgIpc) is 3.28. The van der Waals surface area contributed by atoms with Gasteiger partial charge in [0.1, 0.15) is 0 Å². The largest absolute Gasteiger partial charge is 0.469 e. The number of halogens is 1. The number of aliphatic imine (C=N–C) groups is 1. The lowest BCUT2D eigenvalue weighted by molar-refractivity contribution is -0.146. The van der Waals surface area contributed by atoms with Crippen LogP contribution in [0.1, 0.15) is 30.9 Å². The Bertz CT molecular complexity index is 738. The molecule has 3 rings (SSSR count). The Hall–Kier alpha value is -1.84. The van der Waals surface area contributed by atoms with E-state index in [9.17, 15) is 9.59 Å². The van der Waals surface area contributed by atoms with Crippen LogP contribution in [0.25, 0.3) is 0 Å². The van der Waals surface area contributed by atoms with E-state index in [1.807, 2.05) is 4.90 Å². The molecule has 2 aliphatic rings. The number of hydrogen-bond donors (Lipinski definition) is 1. The molecule has 2 heterocycles. The lowest BCUT2D eigenvalue weighted by Crippen LogP contribution is -2.40. The number of ether oxygens (including phenoxy) is 1. The van der Waals surface area contributed by atoms with Gasteiger partial charge in [0.05, 0.1) is 13.0 Å². The highest BCUT2D eigenvalue weighted by Gasteiger charge is 2.36. The number of likely N-dealkylation sites (tertiary alicyclic amines) is 2. The van der Waals surface area contributed by atoms with Crippen LogP contribution in [0.5, 0.6) is 0 Å². The summed E-state index contributed by atoms with van der Waals surface area (Å²) < 4.78 is 4.91. The predicted molar refractivity (Wildman–Crippen MR) is 123 cm³/mol. The SMILES string of the molecule is CN=C(NCc1ccc(CN2CCCC2=O)cc1)N1CC(C)C(C(=O)OC)C1.I. The molecule has 0 aromatic heterocycles. The first kappa shape index (κ1) is 23.4. The molecule has 160 valence electrons. The number of rotatable bonds is 5. The summed E-state index contributed by atoms with van der Waals surface area (Å²) in [4.78, 5) is 32.1. The van der Waals surface area contributed by atoms with Crippen molar-refractivity contribution in [3.8, 4) is 0 Å². The first-order valence-electron chi connectivity index (χ1n) is 9.91. The van der Waals surface area contributed by atoms with Gasteiger partial charge in [-0.2, -0.15) is 0 Å². The average molecular weight is 514 g/mol. The molecule has 2 aliphatic heterocycles. The quantitative estimate of drug-likeness (QED) is 0.283. The molecule has 0 radical (unpaired) electrons. The summed E-state index contributed by atoms with van der Waals surface area (Å²) in [6.07, 6.45) is 1.64. The third kappa shape index (κ3) is 5.83.